The van der Waals surface area contributed by atoms with Crippen LogP contribution in [0.2, 0.25) is 0 Å². The van der Waals surface area contributed by atoms with Gasteiger partial charge in [0.05, 0.1) is 4.83 Å². The molecule has 112 valence electrons. The van der Waals surface area contributed by atoms with Crippen LogP contribution < -0.4 is 0 Å². The Kier molecular flexibility index (Phi) is 4.57. The third-order valence-corrected chi connectivity index (χ3v) is 5.77. The molecule has 0 aromatic heterocycles. The van der Waals surface area contributed by atoms with E-state index in [1.807, 2.05) is 19.1 Å². The maximum atomic E-state index is 13.5. The Bertz CT molecular complexity index is 672. The molecular weight excluding hydrogens is 327 g/mol. The van der Waals surface area contributed by atoms with Crippen LogP contribution in [0.4, 0.5) is 4.39 Å². The Hall–Kier alpha value is -1.15. The largest absolute Gasteiger partial charge is 0.207 e. The molecule has 0 aliphatic carbocycles. The molecule has 0 amide bonds. The zero-order valence-electron chi connectivity index (χ0n) is 13.6. The fourth-order valence-electron chi connectivity index (χ4n) is 2.90. The van der Waals surface area contributed by atoms with Gasteiger partial charge in [-0.15, -0.1) is 0 Å². The number of halogens is 2. The van der Waals surface area contributed by atoms with Crippen LogP contribution in [0, 0.1) is 47.4 Å². The number of alkyl halides is 1. The van der Waals surface area contributed by atoms with E-state index in [-0.39, 0.29) is 10.6 Å². The summed E-state index contributed by atoms with van der Waals surface area (Å²) >= 11 is 3.82. The van der Waals surface area contributed by atoms with Crippen molar-refractivity contribution in [1.29, 1.82) is 0 Å². The maximum absolute atomic E-state index is 13.5. The maximum Gasteiger partial charge on any atom is 0.126 e. The fraction of sp³-hybridized carbons (Fsp3) is 0.368. The van der Waals surface area contributed by atoms with Crippen molar-refractivity contribution in [2.75, 3.05) is 0 Å². The van der Waals surface area contributed by atoms with E-state index >= 15 is 0 Å². The second-order valence-corrected chi connectivity index (χ2v) is 6.83. The highest BCUT2D eigenvalue weighted by molar-refractivity contribution is 9.09. The van der Waals surface area contributed by atoms with Gasteiger partial charge in [0.15, 0.2) is 0 Å². The van der Waals surface area contributed by atoms with Crippen LogP contribution in [0.25, 0.3) is 0 Å². The lowest BCUT2D eigenvalue weighted by molar-refractivity contribution is 0.617. The SMILES string of the molecule is Cc1cc(C(Br)c2c(C)c(C)c(C)c(C)c2C)ccc1F. The van der Waals surface area contributed by atoms with Crippen molar-refractivity contribution in [2.45, 2.75) is 46.4 Å². The van der Waals surface area contributed by atoms with Crippen LogP contribution >= 0.6 is 15.9 Å². The molecule has 1 unspecified atom stereocenters. The summed E-state index contributed by atoms with van der Waals surface area (Å²) in [6, 6.07) is 5.35. The summed E-state index contributed by atoms with van der Waals surface area (Å²) in [4.78, 5) is 0.0924. The number of benzene rings is 2. The van der Waals surface area contributed by atoms with Crippen molar-refractivity contribution >= 4 is 15.9 Å². The second-order valence-electron chi connectivity index (χ2n) is 5.91. The van der Waals surface area contributed by atoms with Crippen molar-refractivity contribution in [3.05, 3.63) is 68.5 Å². The average molecular weight is 349 g/mol. The van der Waals surface area contributed by atoms with E-state index in [1.54, 1.807) is 6.07 Å². The minimum absolute atomic E-state index is 0.0924. The predicted octanol–water partition coefficient (Wildman–Crippen LogP) is 6.16. The lowest BCUT2D eigenvalue weighted by Crippen LogP contribution is -2.06. The molecule has 0 N–H and O–H groups in total. The first-order valence-electron chi connectivity index (χ1n) is 7.22. The van der Waals surface area contributed by atoms with Crippen LogP contribution in [-0.4, -0.2) is 0 Å². The fourth-order valence-corrected chi connectivity index (χ4v) is 3.87. The van der Waals surface area contributed by atoms with Crippen LogP contribution in [0.1, 0.15) is 49.3 Å². The second kappa shape index (κ2) is 5.92. The van der Waals surface area contributed by atoms with Gasteiger partial charge in [0, 0.05) is 0 Å². The van der Waals surface area contributed by atoms with Crippen molar-refractivity contribution in [3.8, 4) is 0 Å². The molecule has 0 spiro atoms. The lowest BCUT2D eigenvalue weighted by Gasteiger charge is -2.23. The number of hydrogen-bond donors (Lipinski definition) is 0. The van der Waals surface area contributed by atoms with Crippen LogP contribution in [-0.2, 0) is 0 Å². The standard InChI is InChI=1S/C19H22BrF/c1-10-9-16(7-8-17(10)21)19(20)18-14(5)12(3)11(2)13(4)15(18)6/h7-9,19H,1-6H3. The minimum atomic E-state index is -0.150. The third-order valence-electron chi connectivity index (χ3n) is 4.79. The van der Waals surface area contributed by atoms with E-state index in [0.29, 0.717) is 5.56 Å². The van der Waals surface area contributed by atoms with E-state index in [9.17, 15) is 4.39 Å². The molecule has 21 heavy (non-hydrogen) atoms. The van der Waals surface area contributed by atoms with Gasteiger partial charge in [0.1, 0.15) is 5.82 Å². The van der Waals surface area contributed by atoms with E-state index < -0.39 is 0 Å². The van der Waals surface area contributed by atoms with E-state index in [0.717, 1.165) is 5.56 Å². The zero-order chi connectivity index (χ0) is 15.9. The first kappa shape index (κ1) is 16.2. The van der Waals surface area contributed by atoms with Crippen LogP contribution in [0.3, 0.4) is 0 Å². The lowest BCUT2D eigenvalue weighted by atomic mass is 9.86. The van der Waals surface area contributed by atoms with Gasteiger partial charge in [-0.25, -0.2) is 4.39 Å². The highest BCUT2D eigenvalue weighted by atomic mass is 79.9. The van der Waals surface area contributed by atoms with Crippen molar-refractivity contribution in [2.24, 2.45) is 0 Å². The summed E-state index contributed by atoms with van der Waals surface area (Å²) in [5.41, 5.74) is 9.78. The van der Waals surface area contributed by atoms with Gasteiger partial charge in [0.25, 0.3) is 0 Å². The Morgan fingerprint density at radius 3 is 1.76 bits per heavy atom. The molecule has 0 heterocycles. The van der Waals surface area contributed by atoms with Gasteiger partial charge in [-0.05, 0) is 92.1 Å². The first-order chi connectivity index (χ1) is 9.75. The highest BCUT2D eigenvalue weighted by Gasteiger charge is 2.20. The smallest absolute Gasteiger partial charge is 0.126 e. The molecule has 0 nitrogen and oxygen atoms in total. The van der Waals surface area contributed by atoms with Crippen LogP contribution in [0.15, 0.2) is 18.2 Å². The Morgan fingerprint density at radius 2 is 1.29 bits per heavy atom. The molecule has 2 rings (SSSR count). The van der Waals surface area contributed by atoms with E-state index in [1.165, 1.54) is 33.4 Å². The van der Waals surface area contributed by atoms with E-state index in [4.69, 9.17) is 0 Å². The molecule has 0 saturated heterocycles. The zero-order valence-corrected chi connectivity index (χ0v) is 15.2. The molecule has 0 aliphatic heterocycles. The Labute approximate surface area is 135 Å². The van der Waals surface area contributed by atoms with Crippen molar-refractivity contribution < 1.29 is 4.39 Å². The van der Waals surface area contributed by atoms with E-state index in [2.05, 4.69) is 50.5 Å². The van der Waals surface area contributed by atoms with Gasteiger partial charge in [0.2, 0.25) is 0 Å². The summed E-state index contributed by atoms with van der Waals surface area (Å²) in [6.45, 7) is 12.7. The summed E-state index contributed by atoms with van der Waals surface area (Å²) in [5, 5.41) is 0. The van der Waals surface area contributed by atoms with Gasteiger partial charge in [-0.3, -0.25) is 0 Å². The third kappa shape index (κ3) is 2.78. The topological polar surface area (TPSA) is 0 Å². The minimum Gasteiger partial charge on any atom is -0.207 e. The van der Waals surface area contributed by atoms with Gasteiger partial charge < -0.3 is 0 Å². The highest BCUT2D eigenvalue weighted by Crippen LogP contribution is 2.39. The van der Waals surface area contributed by atoms with Crippen molar-refractivity contribution in [3.63, 3.8) is 0 Å². The molecule has 2 heteroatoms. The summed E-state index contributed by atoms with van der Waals surface area (Å²) in [7, 11) is 0. The van der Waals surface area contributed by atoms with Gasteiger partial charge in [-0.2, -0.15) is 0 Å². The number of aryl methyl sites for hydroxylation is 1. The molecule has 0 bridgehead atoms. The Balaban J connectivity index is 2.63. The first-order valence-corrected chi connectivity index (χ1v) is 8.14. The molecule has 2 aromatic rings. The molecular formula is C19H22BrF. The van der Waals surface area contributed by atoms with Crippen molar-refractivity contribution in [1.82, 2.24) is 0 Å². The molecule has 2 aromatic carbocycles. The average Bonchev–Trinajstić information content (AvgIpc) is 2.46. The van der Waals surface area contributed by atoms with Crippen LogP contribution in [0.5, 0.6) is 0 Å². The van der Waals surface area contributed by atoms with Gasteiger partial charge >= 0.3 is 0 Å². The Morgan fingerprint density at radius 1 is 0.810 bits per heavy atom. The molecule has 0 saturated carbocycles. The summed E-state index contributed by atoms with van der Waals surface area (Å²) in [6.07, 6.45) is 0. The predicted molar refractivity (Wildman–Crippen MR) is 92.0 cm³/mol. The molecule has 0 radical (unpaired) electrons. The molecule has 0 fully saturated rings. The monoisotopic (exact) mass is 348 g/mol. The summed E-state index contributed by atoms with van der Waals surface area (Å²) < 4.78 is 13.5. The normalized spacial score (nSPS) is 12.6. The number of rotatable bonds is 2. The van der Waals surface area contributed by atoms with Gasteiger partial charge in [-0.1, -0.05) is 28.1 Å². The summed E-state index contributed by atoms with van der Waals surface area (Å²) in [5.74, 6) is -0.150. The quantitative estimate of drug-likeness (QED) is 0.570. The molecule has 0 aliphatic rings. The number of hydrogen-bond acceptors (Lipinski definition) is 0. The molecule has 1 atom stereocenters.